The summed E-state index contributed by atoms with van der Waals surface area (Å²) < 4.78 is 5.53. The number of aliphatic imine (C=N–C) groups is 1. The summed E-state index contributed by atoms with van der Waals surface area (Å²) in [7, 11) is 1.74. The zero-order valence-electron chi connectivity index (χ0n) is 14.2. The number of rotatable bonds is 6. The van der Waals surface area contributed by atoms with Crippen LogP contribution < -0.4 is 15.4 Å². The number of pyridine rings is 2. The molecular weight excluding hydrogens is 417 g/mol. The smallest absolute Gasteiger partial charge is 0.213 e. The molecule has 0 amide bonds. The molecule has 24 heavy (non-hydrogen) atoms. The van der Waals surface area contributed by atoms with E-state index in [9.17, 15) is 0 Å². The highest BCUT2D eigenvalue weighted by molar-refractivity contribution is 14.0. The molecule has 2 aromatic rings. The molecule has 0 aliphatic rings. The minimum atomic E-state index is 0. The van der Waals surface area contributed by atoms with Crippen molar-refractivity contribution < 1.29 is 4.74 Å². The topological polar surface area (TPSA) is 71.4 Å². The van der Waals surface area contributed by atoms with Gasteiger partial charge in [-0.2, -0.15) is 0 Å². The molecular formula is C17H24IN5O. The van der Waals surface area contributed by atoms with Crippen LogP contribution >= 0.6 is 24.0 Å². The van der Waals surface area contributed by atoms with Crippen LogP contribution in [0.4, 0.5) is 0 Å². The maximum Gasteiger partial charge on any atom is 0.213 e. The lowest BCUT2D eigenvalue weighted by molar-refractivity contribution is 0.232. The van der Waals surface area contributed by atoms with Crippen molar-refractivity contribution >= 4 is 29.9 Å². The molecule has 2 rings (SSSR count). The number of halogens is 1. The number of hydrogen-bond donors (Lipinski definition) is 2. The highest BCUT2D eigenvalue weighted by atomic mass is 127. The molecule has 7 heteroatoms. The van der Waals surface area contributed by atoms with E-state index in [0.29, 0.717) is 19.0 Å². The minimum Gasteiger partial charge on any atom is -0.475 e. The molecule has 2 aromatic heterocycles. The average molecular weight is 441 g/mol. The van der Waals surface area contributed by atoms with Gasteiger partial charge in [0, 0.05) is 32.1 Å². The molecule has 0 saturated heterocycles. The fourth-order valence-corrected chi connectivity index (χ4v) is 1.91. The van der Waals surface area contributed by atoms with Crippen molar-refractivity contribution in [1.29, 1.82) is 0 Å². The van der Waals surface area contributed by atoms with Crippen molar-refractivity contribution in [3.63, 3.8) is 0 Å². The van der Waals surface area contributed by atoms with Gasteiger partial charge in [-0.1, -0.05) is 12.1 Å². The van der Waals surface area contributed by atoms with E-state index in [1.165, 1.54) is 0 Å². The van der Waals surface area contributed by atoms with Gasteiger partial charge in [0.05, 0.1) is 18.3 Å². The van der Waals surface area contributed by atoms with Crippen LogP contribution in [-0.2, 0) is 13.1 Å². The van der Waals surface area contributed by atoms with Crippen molar-refractivity contribution in [3.05, 3.63) is 54.0 Å². The Hall–Kier alpha value is -1.90. The van der Waals surface area contributed by atoms with Crippen LogP contribution in [0.15, 0.2) is 47.7 Å². The Morgan fingerprint density at radius 2 is 1.92 bits per heavy atom. The molecule has 0 atom stereocenters. The van der Waals surface area contributed by atoms with E-state index >= 15 is 0 Å². The van der Waals surface area contributed by atoms with Crippen LogP contribution in [0.1, 0.15) is 25.1 Å². The van der Waals surface area contributed by atoms with Crippen LogP contribution in [0.2, 0.25) is 0 Å². The average Bonchev–Trinajstić information content (AvgIpc) is 2.57. The van der Waals surface area contributed by atoms with Gasteiger partial charge in [-0.15, -0.1) is 24.0 Å². The number of ether oxygens (including phenoxy) is 1. The number of aromatic nitrogens is 2. The van der Waals surface area contributed by atoms with E-state index < -0.39 is 0 Å². The molecule has 0 spiro atoms. The summed E-state index contributed by atoms with van der Waals surface area (Å²) in [5, 5.41) is 6.47. The first-order chi connectivity index (χ1) is 11.2. The Morgan fingerprint density at radius 3 is 2.50 bits per heavy atom. The minimum absolute atomic E-state index is 0. The van der Waals surface area contributed by atoms with Gasteiger partial charge in [-0.25, -0.2) is 4.98 Å². The van der Waals surface area contributed by atoms with Crippen LogP contribution in [0.3, 0.4) is 0 Å². The molecule has 0 unspecified atom stereocenters. The summed E-state index contributed by atoms with van der Waals surface area (Å²) >= 11 is 0. The first-order valence-corrected chi connectivity index (χ1v) is 7.63. The number of nitrogens with one attached hydrogen (secondary N) is 2. The standard InChI is InChI=1S/C17H23N5O.HI/c1-13(2)23-16-8-7-14(10-20-16)11-21-17(18-3)22-12-15-6-4-5-9-19-15;/h4-10,13H,11-12H2,1-3H3,(H2,18,21,22);1H. The first-order valence-electron chi connectivity index (χ1n) is 7.63. The number of hydrogen-bond acceptors (Lipinski definition) is 4. The van der Waals surface area contributed by atoms with Gasteiger partial charge in [0.15, 0.2) is 5.96 Å². The summed E-state index contributed by atoms with van der Waals surface area (Å²) in [6, 6.07) is 9.70. The molecule has 2 N–H and O–H groups in total. The maximum absolute atomic E-state index is 5.53. The molecule has 2 heterocycles. The lowest BCUT2D eigenvalue weighted by Gasteiger charge is -2.12. The van der Waals surface area contributed by atoms with Gasteiger partial charge < -0.3 is 15.4 Å². The Bertz CT molecular complexity index is 617. The van der Waals surface area contributed by atoms with Crippen molar-refractivity contribution in [2.75, 3.05) is 7.05 Å². The summed E-state index contributed by atoms with van der Waals surface area (Å²) in [5.74, 6) is 1.36. The lowest BCUT2D eigenvalue weighted by atomic mass is 10.3. The second kappa shape index (κ2) is 10.8. The monoisotopic (exact) mass is 441 g/mol. The third kappa shape index (κ3) is 7.12. The van der Waals surface area contributed by atoms with Crippen LogP contribution in [0.25, 0.3) is 0 Å². The normalized spacial score (nSPS) is 10.9. The number of guanidine groups is 1. The molecule has 0 fully saturated rings. The Morgan fingerprint density at radius 1 is 1.12 bits per heavy atom. The van der Waals surface area contributed by atoms with Crippen LogP contribution in [0.5, 0.6) is 5.88 Å². The fraction of sp³-hybridized carbons (Fsp3) is 0.353. The van der Waals surface area contributed by atoms with Crippen molar-refractivity contribution in [2.24, 2.45) is 4.99 Å². The highest BCUT2D eigenvalue weighted by Crippen LogP contribution is 2.09. The Labute approximate surface area is 160 Å². The first kappa shape index (κ1) is 20.1. The van der Waals surface area contributed by atoms with Gasteiger partial charge in [-0.05, 0) is 31.5 Å². The Kier molecular flexibility index (Phi) is 9.06. The van der Waals surface area contributed by atoms with E-state index in [-0.39, 0.29) is 30.1 Å². The summed E-state index contributed by atoms with van der Waals surface area (Å²) in [6.45, 7) is 5.22. The van der Waals surface area contributed by atoms with Gasteiger partial charge >= 0.3 is 0 Å². The lowest BCUT2D eigenvalue weighted by Crippen LogP contribution is -2.36. The Balaban J connectivity index is 0.00000288. The molecule has 0 saturated carbocycles. The molecule has 0 aliphatic heterocycles. The maximum atomic E-state index is 5.53. The van der Waals surface area contributed by atoms with Crippen molar-refractivity contribution in [3.8, 4) is 5.88 Å². The molecule has 0 aromatic carbocycles. The predicted molar refractivity (Wildman–Crippen MR) is 107 cm³/mol. The second-order valence-electron chi connectivity index (χ2n) is 5.27. The predicted octanol–water partition coefficient (Wildman–Crippen LogP) is 2.75. The summed E-state index contributed by atoms with van der Waals surface area (Å²) in [6.07, 6.45) is 3.71. The van der Waals surface area contributed by atoms with Gasteiger partial charge in [0.1, 0.15) is 0 Å². The number of nitrogens with zero attached hydrogens (tertiary/aromatic N) is 3. The zero-order valence-corrected chi connectivity index (χ0v) is 16.5. The van der Waals surface area contributed by atoms with Gasteiger partial charge in [0.2, 0.25) is 5.88 Å². The van der Waals surface area contributed by atoms with E-state index in [4.69, 9.17) is 4.74 Å². The molecule has 0 bridgehead atoms. The third-order valence-electron chi connectivity index (χ3n) is 3.00. The second-order valence-corrected chi connectivity index (χ2v) is 5.27. The van der Waals surface area contributed by atoms with Gasteiger partial charge in [-0.3, -0.25) is 9.98 Å². The van der Waals surface area contributed by atoms with Crippen molar-refractivity contribution in [2.45, 2.75) is 33.0 Å². The van der Waals surface area contributed by atoms with Gasteiger partial charge in [0.25, 0.3) is 0 Å². The largest absolute Gasteiger partial charge is 0.475 e. The van der Waals surface area contributed by atoms with Crippen molar-refractivity contribution in [1.82, 2.24) is 20.6 Å². The third-order valence-corrected chi connectivity index (χ3v) is 3.00. The molecule has 6 nitrogen and oxygen atoms in total. The summed E-state index contributed by atoms with van der Waals surface area (Å²) in [4.78, 5) is 12.7. The summed E-state index contributed by atoms with van der Waals surface area (Å²) in [5.41, 5.74) is 2.02. The molecule has 0 aliphatic carbocycles. The zero-order chi connectivity index (χ0) is 16.5. The van der Waals surface area contributed by atoms with E-state index in [1.807, 2.05) is 44.2 Å². The quantitative estimate of drug-likeness (QED) is 0.410. The van der Waals surface area contributed by atoms with Crippen LogP contribution in [-0.4, -0.2) is 29.1 Å². The highest BCUT2D eigenvalue weighted by Gasteiger charge is 2.02. The molecule has 130 valence electrons. The molecule has 0 radical (unpaired) electrons. The van der Waals surface area contributed by atoms with E-state index in [1.54, 1.807) is 19.4 Å². The van der Waals surface area contributed by atoms with E-state index in [0.717, 1.165) is 17.2 Å². The van der Waals surface area contributed by atoms with E-state index in [2.05, 4.69) is 25.6 Å². The SMILES string of the molecule is CN=C(NCc1ccc(OC(C)C)nc1)NCc1ccccn1.I. The fourth-order valence-electron chi connectivity index (χ4n) is 1.91. The van der Waals surface area contributed by atoms with Crippen LogP contribution in [0, 0.1) is 0 Å².